The van der Waals surface area contributed by atoms with Gasteiger partial charge in [-0.15, -0.1) is 4.28 Å². The van der Waals surface area contributed by atoms with E-state index in [2.05, 4.69) is 28.4 Å². The zero-order valence-electron chi connectivity index (χ0n) is 25.8. The molecule has 236 valence electrons. The lowest BCUT2D eigenvalue weighted by atomic mass is 9.97. The van der Waals surface area contributed by atoms with Gasteiger partial charge in [0, 0.05) is 36.0 Å². The summed E-state index contributed by atoms with van der Waals surface area (Å²) in [6.45, 7) is 5.78. The Morgan fingerprint density at radius 1 is 1.00 bits per heavy atom. The normalized spacial score (nSPS) is 13.2. The molecule has 11 heteroatoms. The van der Waals surface area contributed by atoms with Crippen LogP contribution in [-0.4, -0.2) is 49.4 Å². The molecule has 10 nitrogen and oxygen atoms in total. The number of aryl methyl sites for hydroxylation is 1. The number of aromatic nitrogens is 2. The number of hydrogen-bond donors (Lipinski definition) is 1. The van der Waals surface area contributed by atoms with Gasteiger partial charge in [0.1, 0.15) is 5.75 Å². The second kappa shape index (κ2) is 14.1. The molecular weight excluding hydrogens is 592 g/mol. The standard InChI is InChI=1S/C34H38N4O6S/c1-24-9-6-13-32(25(24)2)43-20-8-14-33(39)38-19-5-4-10-30-29(11-7-12-31(30)38)28-21-35-37(23-28)22-26-15-17-27(18-16-26)34(40)36-44-45(3,41)42/h6-7,9,11-13,15-18,21,23H,4-5,8,10,14,19-20,22H2,1-3H3,(H,36,40). The minimum absolute atomic E-state index is 0.107. The van der Waals surface area contributed by atoms with Crippen LogP contribution >= 0.6 is 0 Å². The van der Waals surface area contributed by atoms with E-state index in [1.807, 2.05) is 58.6 Å². The molecule has 1 aliphatic rings. The van der Waals surface area contributed by atoms with Crippen LogP contribution in [0.1, 0.15) is 58.3 Å². The van der Waals surface area contributed by atoms with E-state index in [1.165, 1.54) is 5.56 Å². The molecule has 0 saturated carbocycles. The first-order chi connectivity index (χ1) is 21.6. The van der Waals surface area contributed by atoms with Gasteiger partial charge in [-0.1, -0.05) is 36.4 Å². The van der Waals surface area contributed by atoms with Crippen LogP contribution in [0.25, 0.3) is 11.1 Å². The van der Waals surface area contributed by atoms with Crippen LogP contribution in [0.4, 0.5) is 5.69 Å². The van der Waals surface area contributed by atoms with Crippen LogP contribution < -0.4 is 15.1 Å². The van der Waals surface area contributed by atoms with Crippen LogP contribution in [-0.2, 0) is 32.2 Å². The van der Waals surface area contributed by atoms with Crippen LogP contribution in [0.2, 0.25) is 0 Å². The minimum atomic E-state index is -3.80. The van der Waals surface area contributed by atoms with Gasteiger partial charge in [0.05, 0.1) is 25.6 Å². The second-order valence-electron chi connectivity index (χ2n) is 11.3. The Morgan fingerprint density at radius 2 is 1.78 bits per heavy atom. The number of hydroxylamine groups is 1. The predicted molar refractivity (Wildman–Crippen MR) is 173 cm³/mol. The van der Waals surface area contributed by atoms with Gasteiger partial charge in [0.2, 0.25) is 5.91 Å². The second-order valence-corrected chi connectivity index (χ2v) is 12.9. The van der Waals surface area contributed by atoms with Crippen LogP contribution in [0.3, 0.4) is 0 Å². The van der Waals surface area contributed by atoms with E-state index in [4.69, 9.17) is 4.74 Å². The molecule has 2 heterocycles. The van der Waals surface area contributed by atoms with Crippen molar-refractivity contribution in [3.8, 4) is 16.9 Å². The molecule has 2 amide bonds. The Hall–Kier alpha value is -4.48. The fraction of sp³-hybridized carbons (Fsp3) is 0.324. The van der Waals surface area contributed by atoms with E-state index in [-0.39, 0.29) is 11.5 Å². The topological polar surface area (TPSA) is 120 Å². The van der Waals surface area contributed by atoms with Crippen molar-refractivity contribution in [2.75, 3.05) is 24.3 Å². The number of carbonyl (C=O) groups is 2. The maximum atomic E-state index is 13.4. The smallest absolute Gasteiger partial charge is 0.285 e. The maximum absolute atomic E-state index is 13.4. The number of nitrogens with one attached hydrogen (secondary N) is 1. The molecule has 4 aromatic rings. The molecule has 1 N–H and O–H groups in total. The van der Waals surface area contributed by atoms with Gasteiger partial charge < -0.3 is 9.64 Å². The predicted octanol–water partition coefficient (Wildman–Crippen LogP) is 5.36. The summed E-state index contributed by atoms with van der Waals surface area (Å²) >= 11 is 0. The summed E-state index contributed by atoms with van der Waals surface area (Å²) in [6.07, 6.45) is 8.53. The molecule has 0 radical (unpaired) electrons. The monoisotopic (exact) mass is 630 g/mol. The van der Waals surface area contributed by atoms with Gasteiger partial charge in [-0.2, -0.15) is 13.5 Å². The molecule has 1 aliphatic heterocycles. The van der Waals surface area contributed by atoms with Gasteiger partial charge in [-0.05, 0) is 91.6 Å². The van der Waals surface area contributed by atoms with Gasteiger partial charge in [-0.25, -0.2) is 5.48 Å². The maximum Gasteiger partial charge on any atom is 0.285 e. The highest BCUT2D eigenvalue weighted by Gasteiger charge is 2.23. The number of ether oxygens (including phenoxy) is 1. The number of amides is 2. The van der Waals surface area contributed by atoms with E-state index in [9.17, 15) is 18.0 Å². The van der Waals surface area contributed by atoms with Gasteiger partial charge >= 0.3 is 0 Å². The van der Waals surface area contributed by atoms with Crippen molar-refractivity contribution < 1.29 is 27.0 Å². The summed E-state index contributed by atoms with van der Waals surface area (Å²) in [4.78, 5) is 27.5. The summed E-state index contributed by atoms with van der Waals surface area (Å²) in [7, 11) is -3.80. The van der Waals surface area contributed by atoms with Crippen LogP contribution in [0.5, 0.6) is 5.75 Å². The third kappa shape index (κ3) is 8.17. The first kappa shape index (κ1) is 31.9. The lowest BCUT2D eigenvalue weighted by molar-refractivity contribution is -0.118. The lowest BCUT2D eigenvalue weighted by Crippen LogP contribution is -2.31. The van der Waals surface area contributed by atoms with E-state index in [0.29, 0.717) is 32.5 Å². The Kier molecular flexibility index (Phi) is 9.99. The van der Waals surface area contributed by atoms with Gasteiger partial charge in [0.15, 0.2) is 0 Å². The molecule has 0 unspecified atom stereocenters. The van der Waals surface area contributed by atoms with E-state index in [0.717, 1.165) is 64.8 Å². The minimum Gasteiger partial charge on any atom is -0.493 e. The average Bonchev–Trinajstić information content (AvgIpc) is 3.36. The number of nitrogens with zero attached hydrogens (tertiary/aromatic N) is 3. The molecule has 0 saturated heterocycles. The number of benzene rings is 3. The van der Waals surface area contributed by atoms with E-state index >= 15 is 0 Å². The van der Waals surface area contributed by atoms with Crippen molar-refractivity contribution in [2.45, 2.75) is 52.5 Å². The summed E-state index contributed by atoms with van der Waals surface area (Å²) in [5.41, 5.74) is 9.56. The fourth-order valence-electron chi connectivity index (χ4n) is 5.44. The third-order valence-corrected chi connectivity index (χ3v) is 8.33. The molecule has 0 bridgehead atoms. The lowest BCUT2D eigenvalue weighted by Gasteiger charge is -2.24. The van der Waals surface area contributed by atoms with Crippen molar-refractivity contribution in [3.05, 3.63) is 101 Å². The highest BCUT2D eigenvalue weighted by molar-refractivity contribution is 7.85. The Bertz CT molecular complexity index is 1780. The SMILES string of the molecule is Cc1cccc(OCCCC(=O)N2CCCCc3c(-c4cnn(Cc5ccc(C(=O)NOS(C)(=O)=O)cc5)c4)cccc32)c1C. The Morgan fingerprint density at radius 3 is 2.56 bits per heavy atom. The number of anilines is 1. The first-order valence-electron chi connectivity index (χ1n) is 15.0. The average molecular weight is 631 g/mol. The van der Waals surface area contributed by atoms with Crippen molar-refractivity contribution in [1.82, 2.24) is 15.3 Å². The molecule has 0 fully saturated rings. The summed E-state index contributed by atoms with van der Waals surface area (Å²) in [5.74, 6) is 0.320. The number of carbonyl (C=O) groups excluding carboxylic acids is 2. The van der Waals surface area contributed by atoms with Crippen molar-refractivity contribution in [1.29, 1.82) is 0 Å². The molecule has 0 atom stereocenters. The zero-order valence-corrected chi connectivity index (χ0v) is 26.6. The quantitative estimate of drug-likeness (QED) is 0.175. The zero-order chi connectivity index (χ0) is 32.0. The Labute approximate surface area is 264 Å². The third-order valence-electron chi connectivity index (χ3n) is 7.94. The summed E-state index contributed by atoms with van der Waals surface area (Å²) in [6, 6.07) is 18.9. The summed E-state index contributed by atoms with van der Waals surface area (Å²) in [5, 5.41) is 4.57. The molecule has 5 rings (SSSR count). The van der Waals surface area contributed by atoms with E-state index < -0.39 is 16.0 Å². The summed E-state index contributed by atoms with van der Waals surface area (Å²) < 4.78 is 34.4. The molecule has 1 aromatic heterocycles. The van der Waals surface area contributed by atoms with Crippen LogP contribution in [0, 0.1) is 13.8 Å². The molecular formula is C34H38N4O6S. The molecule has 0 aliphatic carbocycles. The molecule has 45 heavy (non-hydrogen) atoms. The van der Waals surface area contributed by atoms with Crippen LogP contribution in [0.15, 0.2) is 73.1 Å². The van der Waals surface area contributed by atoms with Gasteiger partial charge in [0.25, 0.3) is 16.0 Å². The first-order valence-corrected chi connectivity index (χ1v) is 16.8. The molecule has 0 spiro atoms. The molecule has 3 aromatic carbocycles. The number of rotatable bonds is 11. The largest absolute Gasteiger partial charge is 0.493 e. The van der Waals surface area contributed by atoms with Crippen molar-refractivity contribution in [2.24, 2.45) is 0 Å². The number of fused-ring (bicyclic) bond motifs is 1. The van der Waals surface area contributed by atoms with Gasteiger partial charge in [-0.3, -0.25) is 14.3 Å². The van der Waals surface area contributed by atoms with Crippen molar-refractivity contribution >= 4 is 27.6 Å². The van der Waals surface area contributed by atoms with Crippen molar-refractivity contribution in [3.63, 3.8) is 0 Å². The number of hydrogen-bond acceptors (Lipinski definition) is 7. The Balaban J connectivity index is 1.24. The fourth-order valence-corrected chi connectivity index (χ4v) is 5.67. The highest BCUT2D eigenvalue weighted by Crippen LogP contribution is 2.35. The highest BCUT2D eigenvalue weighted by atomic mass is 32.2. The van der Waals surface area contributed by atoms with E-state index in [1.54, 1.807) is 24.3 Å².